The summed E-state index contributed by atoms with van der Waals surface area (Å²) < 4.78 is 6.14. The van der Waals surface area contributed by atoms with Crippen molar-refractivity contribution >= 4 is 25.2 Å². The Bertz CT molecular complexity index is 298. The van der Waals surface area contributed by atoms with Gasteiger partial charge in [-0.15, -0.1) is 0 Å². The molecule has 0 N–H and O–H groups in total. The van der Waals surface area contributed by atoms with Crippen LogP contribution < -0.4 is 0 Å². The Hall–Kier alpha value is 0.197. The quantitative estimate of drug-likeness (QED) is 0.361. The Labute approximate surface area is 137 Å². The molecule has 0 amide bonds. The summed E-state index contributed by atoms with van der Waals surface area (Å²) in [6, 6.07) is 0. The number of carbonyl (C=O) groups excluding carboxylic acids is 1. The van der Waals surface area contributed by atoms with Gasteiger partial charge in [-0.1, -0.05) is 71.6 Å². The lowest BCUT2D eigenvalue weighted by Crippen LogP contribution is -2.44. The van der Waals surface area contributed by atoms with Crippen molar-refractivity contribution in [2.75, 3.05) is 5.75 Å². The highest BCUT2D eigenvalue weighted by atomic mass is 32.2. The minimum absolute atomic E-state index is 0.158. The molecule has 126 valence electrons. The van der Waals surface area contributed by atoms with Crippen LogP contribution in [0.2, 0.25) is 18.1 Å². The maximum absolute atomic E-state index is 12.1. The van der Waals surface area contributed by atoms with E-state index in [0.29, 0.717) is 0 Å². The lowest BCUT2D eigenvalue weighted by molar-refractivity contribution is -0.116. The number of hydrogen-bond donors (Lipinski definition) is 0. The average molecular weight is 333 g/mol. The summed E-state index contributed by atoms with van der Waals surface area (Å²) in [6.45, 7) is 15.2. The molecule has 4 heteroatoms. The molecule has 21 heavy (non-hydrogen) atoms. The normalized spacial score (nSPS) is 14.2. The fourth-order valence-electron chi connectivity index (χ4n) is 1.84. The third-order valence-corrected chi connectivity index (χ3v) is 10.0. The van der Waals surface area contributed by atoms with Gasteiger partial charge in [0.05, 0.1) is 0 Å². The molecule has 0 spiro atoms. The standard InChI is InChI=1S/C17H36O2SSi/c1-8-9-10-11-12-13-14-20-16(18)15(2)19-21(6,7)17(3,4)5/h15H,8-14H2,1-7H3. The van der Waals surface area contributed by atoms with Gasteiger partial charge in [-0.3, -0.25) is 4.79 Å². The summed E-state index contributed by atoms with van der Waals surface area (Å²) in [6.07, 6.45) is 7.39. The molecule has 0 radical (unpaired) electrons. The molecule has 0 aliphatic heterocycles. The number of thioether (sulfide) groups is 1. The zero-order chi connectivity index (χ0) is 16.5. The molecule has 0 aromatic heterocycles. The summed E-state index contributed by atoms with van der Waals surface area (Å²) in [7, 11) is -1.83. The second-order valence-corrected chi connectivity index (χ2v) is 13.3. The zero-order valence-corrected chi connectivity index (χ0v) is 17.1. The van der Waals surface area contributed by atoms with E-state index in [0.717, 1.165) is 12.2 Å². The Balaban J connectivity index is 3.91. The van der Waals surface area contributed by atoms with E-state index in [1.54, 1.807) is 0 Å². The van der Waals surface area contributed by atoms with E-state index in [2.05, 4.69) is 40.8 Å². The van der Waals surface area contributed by atoms with E-state index in [1.807, 2.05) is 6.92 Å². The summed E-state index contributed by atoms with van der Waals surface area (Å²) >= 11 is 1.46. The number of rotatable bonds is 10. The minimum atomic E-state index is -1.83. The Morgan fingerprint density at radius 1 is 1.10 bits per heavy atom. The van der Waals surface area contributed by atoms with Gasteiger partial charge in [-0.05, 0) is 31.5 Å². The number of unbranched alkanes of at least 4 members (excludes halogenated alkanes) is 5. The van der Waals surface area contributed by atoms with E-state index in [4.69, 9.17) is 4.43 Å². The van der Waals surface area contributed by atoms with Gasteiger partial charge in [0.1, 0.15) is 6.10 Å². The van der Waals surface area contributed by atoms with Crippen LogP contribution in [0.4, 0.5) is 0 Å². The third-order valence-electron chi connectivity index (χ3n) is 4.35. The molecule has 0 saturated carbocycles. The Kier molecular flexibility index (Phi) is 10.2. The smallest absolute Gasteiger partial charge is 0.216 e. The van der Waals surface area contributed by atoms with Crippen molar-refractivity contribution in [3.05, 3.63) is 0 Å². The molecular weight excluding hydrogens is 296 g/mol. The topological polar surface area (TPSA) is 26.3 Å². The lowest BCUT2D eigenvalue weighted by atomic mass is 10.1. The molecule has 0 bridgehead atoms. The highest BCUT2D eigenvalue weighted by Gasteiger charge is 2.39. The van der Waals surface area contributed by atoms with E-state index >= 15 is 0 Å². The van der Waals surface area contributed by atoms with Crippen LogP contribution in [0.15, 0.2) is 0 Å². The largest absolute Gasteiger partial charge is 0.406 e. The van der Waals surface area contributed by atoms with Gasteiger partial charge in [0.2, 0.25) is 5.12 Å². The number of carbonyl (C=O) groups is 1. The van der Waals surface area contributed by atoms with E-state index in [-0.39, 0.29) is 16.3 Å². The fourth-order valence-corrected chi connectivity index (χ4v) is 4.10. The first-order valence-corrected chi connectivity index (χ1v) is 12.4. The van der Waals surface area contributed by atoms with Gasteiger partial charge >= 0.3 is 0 Å². The highest BCUT2D eigenvalue weighted by molar-refractivity contribution is 8.13. The van der Waals surface area contributed by atoms with E-state index < -0.39 is 8.32 Å². The van der Waals surface area contributed by atoms with Crippen LogP contribution in [0, 0.1) is 0 Å². The zero-order valence-electron chi connectivity index (χ0n) is 15.3. The van der Waals surface area contributed by atoms with Crippen molar-refractivity contribution in [2.24, 2.45) is 0 Å². The summed E-state index contributed by atoms with van der Waals surface area (Å²) in [5, 5.41) is 0.360. The van der Waals surface area contributed by atoms with Gasteiger partial charge in [-0.2, -0.15) is 0 Å². The molecular formula is C17H36O2SSi. The Morgan fingerprint density at radius 3 is 2.14 bits per heavy atom. The van der Waals surface area contributed by atoms with E-state index in [9.17, 15) is 4.79 Å². The van der Waals surface area contributed by atoms with Crippen molar-refractivity contribution < 1.29 is 9.22 Å². The second-order valence-electron chi connectivity index (χ2n) is 7.46. The van der Waals surface area contributed by atoms with Crippen molar-refractivity contribution in [3.63, 3.8) is 0 Å². The first-order valence-electron chi connectivity index (χ1n) is 8.46. The van der Waals surface area contributed by atoms with Gasteiger partial charge < -0.3 is 4.43 Å². The molecule has 0 aliphatic carbocycles. The molecule has 0 heterocycles. The van der Waals surface area contributed by atoms with Crippen LogP contribution in [0.25, 0.3) is 0 Å². The summed E-state index contributed by atoms with van der Waals surface area (Å²) in [5.74, 6) is 0.941. The maximum atomic E-state index is 12.1. The van der Waals surface area contributed by atoms with Gasteiger partial charge in [-0.25, -0.2) is 0 Å². The Morgan fingerprint density at radius 2 is 1.62 bits per heavy atom. The van der Waals surface area contributed by atoms with Gasteiger partial charge in [0.15, 0.2) is 8.32 Å². The molecule has 1 unspecified atom stereocenters. The number of hydrogen-bond acceptors (Lipinski definition) is 3. The van der Waals surface area contributed by atoms with Crippen LogP contribution in [0.1, 0.15) is 73.1 Å². The SMILES string of the molecule is CCCCCCCCSC(=O)C(C)O[Si](C)(C)C(C)(C)C. The fraction of sp³-hybridized carbons (Fsp3) is 0.941. The van der Waals surface area contributed by atoms with Crippen LogP contribution >= 0.6 is 11.8 Å². The molecule has 0 aromatic rings. The van der Waals surface area contributed by atoms with Crippen LogP contribution in [0.5, 0.6) is 0 Å². The van der Waals surface area contributed by atoms with Gasteiger partial charge in [0, 0.05) is 5.75 Å². The highest BCUT2D eigenvalue weighted by Crippen LogP contribution is 2.37. The molecule has 1 atom stereocenters. The molecule has 0 saturated heterocycles. The summed E-state index contributed by atoms with van der Waals surface area (Å²) in [5.41, 5.74) is 0. The van der Waals surface area contributed by atoms with Crippen molar-refractivity contribution in [1.82, 2.24) is 0 Å². The summed E-state index contributed by atoms with van der Waals surface area (Å²) in [4.78, 5) is 12.1. The van der Waals surface area contributed by atoms with Gasteiger partial charge in [0.25, 0.3) is 0 Å². The second kappa shape index (κ2) is 10.1. The average Bonchev–Trinajstić information content (AvgIpc) is 2.35. The molecule has 2 nitrogen and oxygen atoms in total. The van der Waals surface area contributed by atoms with Crippen LogP contribution in [-0.4, -0.2) is 25.3 Å². The van der Waals surface area contributed by atoms with Crippen molar-refractivity contribution in [3.8, 4) is 0 Å². The predicted molar refractivity (Wildman–Crippen MR) is 98.6 cm³/mol. The van der Waals surface area contributed by atoms with Crippen molar-refractivity contribution in [1.29, 1.82) is 0 Å². The van der Waals surface area contributed by atoms with Crippen LogP contribution in [0.3, 0.4) is 0 Å². The van der Waals surface area contributed by atoms with Crippen LogP contribution in [-0.2, 0) is 9.22 Å². The molecule has 0 aromatic carbocycles. The first-order chi connectivity index (χ1) is 9.62. The maximum Gasteiger partial charge on any atom is 0.216 e. The third kappa shape index (κ3) is 9.04. The monoisotopic (exact) mass is 332 g/mol. The van der Waals surface area contributed by atoms with Crippen molar-refractivity contribution in [2.45, 2.75) is 97.4 Å². The lowest BCUT2D eigenvalue weighted by Gasteiger charge is -2.37. The minimum Gasteiger partial charge on any atom is -0.406 e. The molecule has 0 fully saturated rings. The molecule has 0 rings (SSSR count). The predicted octanol–water partition coefficient (Wildman–Crippen LogP) is 6.02. The molecule has 0 aliphatic rings. The van der Waals surface area contributed by atoms with E-state index in [1.165, 1.54) is 43.9 Å². The first kappa shape index (κ1) is 21.2.